The first-order chi connectivity index (χ1) is 11.3. The molecular formula is C20H20ClNO2. The number of carbonyl (C=O) groups excluding carboxylic acids is 2. The second kappa shape index (κ2) is 6.06. The predicted molar refractivity (Wildman–Crippen MR) is 97.2 cm³/mol. The van der Waals surface area contributed by atoms with Gasteiger partial charge in [0, 0.05) is 29.1 Å². The molecule has 124 valence electrons. The fourth-order valence-corrected chi connectivity index (χ4v) is 3.08. The monoisotopic (exact) mass is 341 g/mol. The van der Waals surface area contributed by atoms with E-state index in [-0.39, 0.29) is 17.1 Å². The lowest BCUT2D eigenvalue weighted by Gasteiger charge is -2.29. The molecule has 3 nitrogen and oxygen atoms in total. The van der Waals surface area contributed by atoms with Crippen LogP contribution in [0.15, 0.2) is 42.5 Å². The van der Waals surface area contributed by atoms with E-state index in [9.17, 15) is 9.59 Å². The maximum Gasteiger partial charge on any atom is 0.258 e. The second-order valence-corrected chi connectivity index (χ2v) is 7.56. The molecule has 0 aromatic heterocycles. The van der Waals surface area contributed by atoms with Gasteiger partial charge in [-0.05, 0) is 41.3 Å². The molecule has 3 rings (SSSR count). The number of fused-ring (bicyclic) bond motifs is 1. The smallest absolute Gasteiger partial charge is 0.258 e. The van der Waals surface area contributed by atoms with E-state index in [2.05, 4.69) is 20.8 Å². The summed E-state index contributed by atoms with van der Waals surface area (Å²) in [6.07, 6.45) is 0.334. The Hall–Kier alpha value is -2.13. The molecule has 2 aromatic rings. The Bertz CT molecular complexity index is 803. The fraction of sp³-hybridized carbons (Fsp3) is 0.300. The number of hydrogen-bond acceptors (Lipinski definition) is 2. The first-order valence-corrected chi connectivity index (χ1v) is 8.40. The van der Waals surface area contributed by atoms with Crippen molar-refractivity contribution >= 4 is 29.0 Å². The number of Topliss-reactive ketones (excluding diaryl/α,β-unsaturated/α-hetero) is 1. The minimum atomic E-state index is -0.105. The Morgan fingerprint density at radius 2 is 1.75 bits per heavy atom. The van der Waals surface area contributed by atoms with Crippen molar-refractivity contribution in [1.82, 2.24) is 0 Å². The van der Waals surface area contributed by atoms with Crippen LogP contribution >= 0.6 is 11.6 Å². The lowest BCUT2D eigenvalue weighted by atomic mass is 9.86. The first-order valence-electron chi connectivity index (χ1n) is 8.02. The zero-order valence-electron chi connectivity index (χ0n) is 14.1. The summed E-state index contributed by atoms with van der Waals surface area (Å²) in [5, 5.41) is 0.518. The van der Waals surface area contributed by atoms with Crippen molar-refractivity contribution in [3.05, 3.63) is 64.2 Å². The molecule has 1 aliphatic rings. The van der Waals surface area contributed by atoms with E-state index >= 15 is 0 Å². The Balaban J connectivity index is 1.95. The van der Waals surface area contributed by atoms with E-state index in [0.717, 1.165) is 0 Å². The van der Waals surface area contributed by atoms with Gasteiger partial charge in [-0.1, -0.05) is 44.5 Å². The Morgan fingerprint density at radius 3 is 2.38 bits per heavy atom. The van der Waals surface area contributed by atoms with Crippen LogP contribution in [-0.4, -0.2) is 18.2 Å². The lowest BCUT2D eigenvalue weighted by molar-refractivity contribution is 0.0955. The van der Waals surface area contributed by atoms with Gasteiger partial charge in [0.15, 0.2) is 5.78 Å². The van der Waals surface area contributed by atoms with Crippen LogP contribution in [-0.2, 0) is 5.41 Å². The van der Waals surface area contributed by atoms with Crippen LogP contribution in [0.4, 0.5) is 5.69 Å². The third-order valence-electron chi connectivity index (χ3n) is 4.36. The van der Waals surface area contributed by atoms with Crippen molar-refractivity contribution in [1.29, 1.82) is 0 Å². The summed E-state index contributed by atoms with van der Waals surface area (Å²) in [4.78, 5) is 26.6. The van der Waals surface area contributed by atoms with Crippen molar-refractivity contribution in [2.45, 2.75) is 32.6 Å². The summed E-state index contributed by atoms with van der Waals surface area (Å²) < 4.78 is 0. The summed E-state index contributed by atoms with van der Waals surface area (Å²) in [5.74, 6) is -0.0553. The first kappa shape index (κ1) is 16.7. The van der Waals surface area contributed by atoms with Crippen LogP contribution < -0.4 is 4.90 Å². The van der Waals surface area contributed by atoms with Gasteiger partial charge in [0.2, 0.25) is 0 Å². The number of anilines is 1. The topological polar surface area (TPSA) is 37.4 Å². The molecule has 0 aliphatic carbocycles. The van der Waals surface area contributed by atoms with E-state index in [0.29, 0.717) is 34.8 Å². The van der Waals surface area contributed by atoms with Crippen LogP contribution in [0.5, 0.6) is 0 Å². The van der Waals surface area contributed by atoms with Crippen molar-refractivity contribution in [2.75, 3.05) is 11.4 Å². The summed E-state index contributed by atoms with van der Waals surface area (Å²) in [6.45, 7) is 6.79. The van der Waals surface area contributed by atoms with Crippen molar-refractivity contribution in [3.63, 3.8) is 0 Å². The molecule has 0 saturated carbocycles. The molecule has 0 fully saturated rings. The van der Waals surface area contributed by atoms with Gasteiger partial charge in [-0.2, -0.15) is 0 Å². The van der Waals surface area contributed by atoms with E-state index < -0.39 is 0 Å². The molecule has 24 heavy (non-hydrogen) atoms. The van der Waals surface area contributed by atoms with Crippen LogP contribution in [0.2, 0.25) is 5.02 Å². The van der Waals surface area contributed by atoms with E-state index in [4.69, 9.17) is 11.6 Å². The molecular weight excluding hydrogens is 322 g/mol. The molecule has 0 spiro atoms. The predicted octanol–water partition coefficient (Wildman–Crippen LogP) is 4.87. The number of rotatable bonds is 1. The van der Waals surface area contributed by atoms with E-state index in [1.807, 2.05) is 24.3 Å². The Morgan fingerprint density at radius 1 is 1.08 bits per heavy atom. The van der Waals surface area contributed by atoms with Crippen LogP contribution in [0.25, 0.3) is 0 Å². The molecule has 0 saturated heterocycles. The van der Waals surface area contributed by atoms with E-state index in [1.54, 1.807) is 23.1 Å². The van der Waals surface area contributed by atoms with Gasteiger partial charge in [0.25, 0.3) is 5.91 Å². The molecule has 0 N–H and O–H groups in total. The number of amides is 1. The van der Waals surface area contributed by atoms with Gasteiger partial charge in [-0.3, -0.25) is 9.59 Å². The largest absolute Gasteiger partial charge is 0.307 e. The second-order valence-electron chi connectivity index (χ2n) is 7.12. The third-order valence-corrected chi connectivity index (χ3v) is 4.59. The lowest BCUT2D eigenvalue weighted by Crippen LogP contribution is -2.37. The highest BCUT2D eigenvalue weighted by atomic mass is 35.5. The van der Waals surface area contributed by atoms with Crippen LogP contribution in [0.1, 0.15) is 53.5 Å². The number of carbonyl (C=O) groups is 2. The highest BCUT2D eigenvalue weighted by molar-refractivity contribution is 6.31. The number of nitrogens with zero attached hydrogens (tertiary/aromatic N) is 1. The minimum absolute atomic E-state index is 0.0409. The van der Waals surface area contributed by atoms with Gasteiger partial charge >= 0.3 is 0 Å². The van der Waals surface area contributed by atoms with Crippen molar-refractivity contribution in [3.8, 4) is 0 Å². The molecule has 4 heteroatoms. The van der Waals surface area contributed by atoms with E-state index in [1.165, 1.54) is 5.56 Å². The molecule has 0 bridgehead atoms. The van der Waals surface area contributed by atoms with Gasteiger partial charge < -0.3 is 4.90 Å². The molecule has 2 aromatic carbocycles. The number of halogens is 1. The molecule has 0 atom stereocenters. The SMILES string of the molecule is CC(C)(C)c1ccc(C(=O)N2CCC(=O)c3ccc(Cl)cc32)cc1. The Kier molecular flexibility index (Phi) is 4.22. The number of ketones is 1. The third kappa shape index (κ3) is 3.09. The highest BCUT2D eigenvalue weighted by Crippen LogP contribution is 2.31. The number of benzene rings is 2. The average Bonchev–Trinajstić information content (AvgIpc) is 2.54. The molecule has 0 radical (unpaired) electrons. The molecule has 1 aliphatic heterocycles. The summed E-state index contributed by atoms with van der Waals surface area (Å²) in [5.41, 5.74) is 2.99. The number of hydrogen-bond donors (Lipinski definition) is 0. The highest BCUT2D eigenvalue weighted by Gasteiger charge is 2.28. The maximum atomic E-state index is 12.9. The maximum absolute atomic E-state index is 12.9. The molecule has 0 unspecified atom stereocenters. The normalized spacial score (nSPS) is 14.5. The quantitative estimate of drug-likeness (QED) is 0.742. The van der Waals surface area contributed by atoms with Crippen LogP contribution in [0.3, 0.4) is 0 Å². The fourth-order valence-electron chi connectivity index (χ4n) is 2.91. The minimum Gasteiger partial charge on any atom is -0.307 e. The summed E-state index contributed by atoms with van der Waals surface area (Å²) in [7, 11) is 0. The average molecular weight is 342 g/mol. The molecule has 1 heterocycles. The summed E-state index contributed by atoms with van der Waals surface area (Å²) in [6, 6.07) is 12.7. The van der Waals surface area contributed by atoms with Crippen molar-refractivity contribution in [2.24, 2.45) is 0 Å². The van der Waals surface area contributed by atoms with Gasteiger partial charge in [0.05, 0.1) is 5.69 Å². The van der Waals surface area contributed by atoms with Crippen LogP contribution in [0, 0.1) is 0 Å². The zero-order valence-corrected chi connectivity index (χ0v) is 14.9. The standard InChI is InChI=1S/C20H20ClNO2/c1-20(2,3)14-6-4-13(5-7-14)19(24)22-11-10-18(23)16-9-8-15(21)12-17(16)22/h4-9,12H,10-11H2,1-3H3. The van der Waals surface area contributed by atoms with Gasteiger partial charge in [-0.25, -0.2) is 0 Å². The summed E-state index contributed by atoms with van der Waals surface area (Å²) >= 11 is 6.06. The van der Waals surface area contributed by atoms with Crippen molar-refractivity contribution < 1.29 is 9.59 Å². The Labute approximate surface area is 147 Å². The van der Waals surface area contributed by atoms with Gasteiger partial charge in [-0.15, -0.1) is 0 Å². The molecule has 1 amide bonds. The van der Waals surface area contributed by atoms with Gasteiger partial charge in [0.1, 0.15) is 0 Å². The zero-order chi connectivity index (χ0) is 17.5.